The molecule has 2 atom stereocenters. The van der Waals surface area contributed by atoms with Crippen molar-refractivity contribution in [3.63, 3.8) is 0 Å². The molecule has 0 saturated heterocycles. The average Bonchev–Trinajstić information content (AvgIpc) is 2.76. The minimum atomic E-state index is 0.000281. The first-order chi connectivity index (χ1) is 8.58. The van der Waals surface area contributed by atoms with Crippen LogP contribution in [0.25, 0.3) is 0 Å². The molecule has 0 fully saturated rings. The second-order valence-electron chi connectivity index (χ2n) is 4.50. The lowest BCUT2D eigenvalue weighted by atomic mass is 10.2. The Balaban J connectivity index is 2.57. The standard InChI is InChI=1S/C13H23N3O2/c1-10(9-18-4)15-13(17)8-16-7-5-6-12(16)11(2)14-3/h5-7,10-11,14H,8-9H2,1-4H3,(H,15,17). The van der Waals surface area contributed by atoms with E-state index in [0.29, 0.717) is 13.2 Å². The minimum Gasteiger partial charge on any atom is -0.383 e. The Labute approximate surface area is 109 Å². The summed E-state index contributed by atoms with van der Waals surface area (Å²) in [5.74, 6) is 0.000281. The predicted octanol–water partition coefficient (Wildman–Crippen LogP) is 0.920. The van der Waals surface area contributed by atoms with Gasteiger partial charge in [-0.15, -0.1) is 0 Å². The molecule has 0 aliphatic rings. The number of carbonyl (C=O) groups is 1. The predicted molar refractivity (Wildman–Crippen MR) is 71.4 cm³/mol. The third-order valence-corrected chi connectivity index (χ3v) is 2.88. The molecule has 1 aromatic rings. The molecule has 5 nitrogen and oxygen atoms in total. The van der Waals surface area contributed by atoms with Crippen molar-refractivity contribution >= 4 is 5.91 Å². The number of hydrogen-bond acceptors (Lipinski definition) is 3. The second kappa shape index (κ2) is 7.18. The Morgan fingerprint density at radius 2 is 2.22 bits per heavy atom. The summed E-state index contributed by atoms with van der Waals surface area (Å²) in [5.41, 5.74) is 1.10. The molecule has 1 amide bonds. The van der Waals surface area contributed by atoms with E-state index >= 15 is 0 Å². The van der Waals surface area contributed by atoms with Crippen molar-refractivity contribution in [1.82, 2.24) is 15.2 Å². The van der Waals surface area contributed by atoms with E-state index in [1.165, 1.54) is 0 Å². The normalized spacial score (nSPS) is 14.2. The fraction of sp³-hybridized carbons (Fsp3) is 0.615. The van der Waals surface area contributed by atoms with Gasteiger partial charge in [-0.25, -0.2) is 0 Å². The fourth-order valence-electron chi connectivity index (χ4n) is 1.88. The molecule has 0 bridgehead atoms. The lowest BCUT2D eigenvalue weighted by Crippen LogP contribution is -2.38. The molecule has 0 aliphatic carbocycles. The van der Waals surface area contributed by atoms with Crippen molar-refractivity contribution < 1.29 is 9.53 Å². The van der Waals surface area contributed by atoms with Crippen molar-refractivity contribution in [2.45, 2.75) is 32.5 Å². The summed E-state index contributed by atoms with van der Waals surface area (Å²) in [7, 11) is 3.53. The molecular weight excluding hydrogens is 230 g/mol. The van der Waals surface area contributed by atoms with Gasteiger partial charge in [0.2, 0.25) is 5.91 Å². The smallest absolute Gasteiger partial charge is 0.240 e. The van der Waals surface area contributed by atoms with E-state index in [1.807, 2.05) is 36.9 Å². The van der Waals surface area contributed by atoms with E-state index in [4.69, 9.17) is 4.74 Å². The number of amides is 1. The number of hydrogen-bond donors (Lipinski definition) is 2. The maximum absolute atomic E-state index is 11.9. The molecule has 0 radical (unpaired) electrons. The summed E-state index contributed by atoms with van der Waals surface area (Å²) in [6.45, 7) is 4.85. The van der Waals surface area contributed by atoms with Crippen LogP contribution in [0.1, 0.15) is 25.6 Å². The highest BCUT2D eigenvalue weighted by Gasteiger charge is 2.12. The molecule has 1 aromatic heterocycles. The average molecular weight is 253 g/mol. The molecular formula is C13H23N3O2. The quantitative estimate of drug-likeness (QED) is 0.760. The van der Waals surface area contributed by atoms with Gasteiger partial charge in [-0.2, -0.15) is 0 Å². The van der Waals surface area contributed by atoms with E-state index in [-0.39, 0.29) is 18.0 Å². The van der Waals surface area contributed by atoms with Gasteiger partial charge in [0.15, 0.2) is 0 Å². The Bertz CT molecular complexity index is 376. The van der Waals surface area contributed by atoms with Gasteiger partial charge in [0, 0.05) is 31.1 Å². The van der Waals surface area contributed by atoms with E-state index in [1.54, 1.807) is 7.11 Å². The summed E-state index contributed by atoms with van der Waals surface area (Å²) in [4.78, 5) is 11.9. The van der Waals surface area contributed by atoms with Gasteiger partial charge in [0.1, 0.15) is 6.54 Å². The highest BCUT2D eigenvalue weighted by atomic mass is 16.5. The van der Waals surface area contributed by atoms with Crippen molar-refractivity contribution in [3.8, 4) is 0 Å². The van der Waals surface area contributed by atoms with Crippen LogP contribution >= 0.6 is 0 Å². The van der Waals surface area contributed by atoms with Gasteiger partial charge in [-0.1, -0.05) is 0 Å². The molecule has 2 unspecified atom stereocenters. The molecule has 0 saturated carbocycles. The molecule has 0 spiro atoms. The van der Waals surface area contributed by atoms with Crippen LogP contribution in [-0.4, -0.2) is 37.3 Å². The van der Waals surface area contributed by atoms with Gasteiger partial charge < -0.3 is 19.9 Å². The Hall–Kier alpha value is -1.33. The molecule has 0 aliphatic heterocycles. The summed E-state index contributed by atoms with van der Waals surface area (Å²) in [5, 5.41) is 6.07. The fourth-order valence-corrected chi connectivity index (χ4v) is 1.88. The lowest BCUT2D eigenvalue weighted by molar-refractivity contribution is -0.122. The van der Waals surface area contributed by atoms with E-state index in [2.05, 4.69) is 17.6 Å². The van der Waals surface area contributed by atoms with Gasteiger partial charge in [0.05, 0.1) is 6.61 Å². The number of nitrogens with one attached hydrogen (secondary N) is 2. The van der Waals surface area contributed by atoms with Crippen molar-refractivity contribution in [2.24, 2.45) is 0 Å². The first kappa shape index (κ1) is 14.7. The molecule has 102 valence electrons. The van der Waals surface area contributed by atoms with Gasteiger partial charge >= 0.3 is 0 Å². The molecule has 0 aromatic carbocycles. The summed E-state index contributed by atoms with van der Waals surface area (Å²) in [6, 6.07) is 4.23. The monoisotopic (exact) mass is 253 g/mol. The summed E-state index contributed by atoms with van der Waals surface area (Å²) < 4.78 is 6.94. The molecule has 18 heavy (non-hydrogen) atoms. The third kappa shape index (κ3) is 4.16. The largest absolute Gasteiger partial charge is 0.383 e. The van der Waals surface area contributed by atoms with Crippen molar-refractivity contribution in [1.29, 1.82) is 0 Å². The zero-order valence-corrected chi connectivity index (χ0v) is 11.6. The van der Waals surface area contributed by atoms with Crippen molar-refractivity contribution in [3.05, 3.63) is 24.0 Å². The number of aromatic nitrogens is 1. The van der Waals surface area contributed by atoms with Crippen LogP contribution in [0.5, 0.6) is 0 Å². The van der Waals surface area contributed by atoms with Crippen LogP contribution < -0.4 is 10.6 Å². The number of ether oxygens (including phenoxy) is 1. The molecule has 2 N–H and O–H groups in total. The Morgan fingerprint density at radius 3 is 2.83 bits per heavy atom. The van der Waals surface area contributed by atoms with Crippen LogP contribution in [0.4, 0.5) is 0 Å². The highest BCUT2D eigenvalue weighted by molar-refractivity contribution is 5.76. The maximum Gasteiger partial charge on any atom is 0.240 e. The van der Waals surface area contributed by atoms with E-state index < -0.39 is 0 Å². The number of rotatable bonds is 7. The molecule has 1 rings (SSSR count). The molecule has 5 heteroatoms. The molecule has 1 heterocycles. The number of carbonyl (C=O) groups excluding carboxylic acids is 1. The van der Waals surface area contributed by atoms with Crippen LogP contribution in [0.3, 0.4) is 0 Å². The van der Waals surface area contributed by atoms with Gasteiger partial charge in [-0.05, 0) is 33.0 Å². The summed E-state index contributed by atoms with van der Waals surface area (Å²) >= 11 is 0. The zero-order valence-electron chi connectivity index (χ0n) is 11.6. The Morgan fingerprint density at radius 1 is 1.50 bits per heavy atom. The summed E-state index contributed by atoms with van der Waals surface area (Å²) in [6.07, 6.45) is 1.92. The number of nitrogens with zero attached hydrogens (tertiary/aromatic N) is 1. The van der Waals surface area contributed by atoms with E-state index in [0.717, 1.165) is 5.69 Å². The minimum absolute atomic E-state index is 0.000281. The first-order valence-corrected chi connectivity index (χ1v) is 6.19. The van der Waals surface area contributed by atoms with Gasteiger partial charge in [0.25, 0.3) is 0 Å². The van der Waals surface area contributed by atoms with Crippen molar-refractivity contribution in [2.75, 3.05) is 20.8 Å². The van der Waals surface area contributed by atoms with Crippen LogP contribution in [-0.2, 0) is 16.1 Å². The maximum atomic E-state index is 11.9. The third-order valence-electron chi connectivity index (χ3n) is 2.88. The van der Waals surface area contributed by atoms with E-state index in [9.17, 15) is 4.79 Å². The highest BCUT2D eigenvalue weighted by Crippen LogP contribution is 2.12. The zero-order chi connectivity index (χ0) is 13.5. The number of methoxy groups -OCH3 is 1. The first-order valence-electron chi connectivity index (χ1n) is 6.19. The van der Waals surface area contributed by atoms with Gasteiger partial charge in [-0.3, -0.25) is 4.79 Å². The van der Waals surface area contributed by atoms with Crippen LogP contribution in [0.15, 0.2) is 18.3 Å². The Kier molecular flexibility index (Phi) is 5.88. The van der Waals surface area contributed by atoms with Crippen LogP contribution in [0, 0.1) is 0 Å². The topological polar surface area (TPSA) is 55.3 Å². The SMILES string of the molecule is CNC(C)c1cccn1CC(=O)NC(C)COC. The second-order valence-corrected chi connectivity index (χ2v) is 4.50. The van der Waals surface area contributed by atoms with Crippen LogP contribution in [0.2, 0.25) is 0 Å². The lowest BCUT2D eigenvalue weighted by Gasteiger charge is -2.17.